The SMILES string of the molecule is COc1cc2c(cc1OC)[C@@H]([C@@H](C)NC(=O)CC(C)C)N(Cc1cccc(F)c1)CC2. The van der Waals surface area contributed by atoms with Crippen molar-refractivity contribution in [3.8, 4) is 11.5 Å². The number of nitrogens with zero attached hydrogens (tertiary/aromatic N) is 1. The number of rotatable bonds is 8. The molecule has 0 saturated heterocycles. The number of amides is 1. The zero-order valence-corrected chi connectivity index (χ0v) is 19.1. The Morgan fingerprint density at radius 2 is 1.87 bits per heavy atom. The maximum Gasteiger partial charge on any atom is 0.220 e. The van der Waals surface area contributed by atoms with Crippen LogP contribution in [0.3, 0.4) is 0 Å². The molecule has 5 nitrogen and oxygen atoms in total. The molecule has 1 amide bonds. The average molecular weight is 429 g/mol. The number of nitrogens with one attached hydrogen (secondary N) is 1. The summed E-state index contributed by atoms with van der Waals surface area (Å²) < 4.78 is 24.8. The van der Waals surface area contributed by atoms with Crippen LogP contribution in [0, 0.1) is 11.7 Å². The Labute approximate surface area is 184 Å². The minimum atomic E-state index is -0.240. The van der Waals surface area contributed by atoms with Crippen LogP contribution in [0.4, 0.5) is 4.39 Å². The van der Waals surface area contributed by atoms with E-state index in [0.29, 0.717) is 30.4 Å². The fraction of sp³-hybridized carbons (Fsp3) is 0.480. The fourth-order valence-electron chi connectivity index (χ4n) is 4.42. The molecule has 0 aliphatic carbocycles. The topological polar surface area (TPSA) is 50.8 Å². The lowest BCUT2D eigenvalue weighted by molar-refractivity contribution is -0.122. The average Bonchev–Trinajstić information content (AvgIpc) is 2.71. The number of benzene rings is 2. The van der Waals surface area contributed by atoms with Crippen molar-refractivity contribution in [2.45, 2.75) is 52.2 Å². The molecule has 0 fully saturated rings. The molecule has 1 aliphatic rings. The summed E-state index contributed by atoms with van der Waals surface area (Å²) in [6.07, 6.45) is 1.33. The normalized spacial score (nSPS) is 17.2. The van der Waals surface area contributed by atoms with Gasteiger partial charge in [0.2, 0.25) is 5.91 Å². The summed E-state index contributed by atoms with van der Waals surface area (Å²) in [7, 11) is 3.26. The van der Waals surface area contributed by atoms with Crippen LogP contribution >= 0.6 is 0 Å². The first-order valence-corrected chi connectivity index (χ1v) is 10.8. The highest BCUT2D eigenvalue weighted by molar-refractivity contribution is 5.76. The van der Waals surface area contributed by atoms with Gasteiger partial charge < -0.3 is 14.8 Å². The van der Waals surface area contributed by atoms with Gasteiger partial charge in [-0.3, -0.25) is 9.69 Å². The highest BCUT2D eigenvalue weighted by Crippen LogP contribution is 2.40. The number of hydrogen-bond acceptors (Lipinski definition) is 4. The van der Waals surface area contributed by atoms with E-state index < -0.39 is 0 Å². The van der Waals surface area contributed by atoms with Gasteiger partial charge in [-0.05, 0) is 60.2 Å². The van der Waals surface area contributed by atoms with Crippen molar-refractivity contribution in [1.82, 2.24) is 10.2 Å². The van der Waals surface area contributed by atoms with Gasteiger partial charge in [-0.15, -0.1) is 0 Å². The van der Waals surface area contributed by atoms with E-state index in [9.17, 15) is 9.18 Å². The quantitative estimate of drug-likeness (QED) is 0.673. The first kappa shape index (κ1) is 23.1. The molecule has 2 aromatic rings. The number of carbonyl (C=O) groups excluding carboxylic acids is 1. The third-order valence-corrected chi connectivity index (χ3v) is 5.76. The molecule has 0 aromatic heterocycles. The third kappa shape index (κ3) is 5.56. The number of carbonyl (C=O) groups is 1. The highest BCUT2D eigenvalue weighted by atomic mass is 19.1. The monoisotopic (exact) mass is 428 g/mol. The number of hydrogen-bond donors (Lipinski definition) is 1. The van der Waals surface area contributed by atoms with Crippen molar-refractivity contribution in [1.29, 1.82) is 0 Å². The summed E-state index contributed by atoms with van der Waals surface area (Å²) in [5, 5.41) is 3.19. The van der Waals surface area contributed by atoms with E-state index in [2.05, 4.69) is 10.2 Å². The molecule has 31 heavy (non-hydrogen) atoms. The lowest BCUT2D eigenvalue weighted by Crippen LogP contribution is -2.47. The van der Waals surface area contributed by atoms with E-state index in [1.807, 2.05) is 39.0 Å². The van der Waals surface area contributed by atoms with Crippen molar-refractivity contribution < 1.29 is 18.7 Å². The highest BCUT2D eigenvalue weighted by Gasteiger charge is 2.33. The summed E-state index contributed by atoms with van der Waals surface area (Å²) in [6.45, 7) is 7.50. The van der Waals surface area contributed by atoms with Gasteiger partial charge in [-0.1, -0.05) is 26.0 Å². The Balaban J connectivity index is 1.96. The molecule has 0 spiro atoms. The van der Waals surface area contributed by atoms with Crippen LogP contribution in [0.5, 0.6) is 11.5 Å². The molecule has 0 radical (unpaired) electrons. The van der Waals surface area contributed by atoms with Crippen LogP contribution in [0.25, 0.3) is 0 Å². The van der Waals surface area contributed by atoms with Gasteiger partial charge in [-0.25, -0.2) is 4.39 Å². The number of methoxy groups -OCH3 is 2. The number of halogens is 1. The van der Waals surface area contributed by atoms with Crippen LogP contribution in [0.2, 0.25) is 0 Å². The maximum atomic E-state index is 13.8. The molecule has 168 valence electrons. The Kier molecular flexibility index (Phi) is 7.55. The molecule has 1 aliphatic heterocycles. The predicted molar refractivity (Wildman–Crippen MR) is 120 cm³/mol. The van der Waals surface area contributed by atoms with Crippen molar-refractivity contribution in [3.63, 3.8) is 0 Å². The van der Waals surface area contributed by atoms with Gasteiger partial charge in [0.15, 0.2) is 11.5 Å². The minimum absolute atomic E-state index is 0.0424. The molecule has 2 aromatic carbocycles. The van der Waals surface area contributed by atoms with Gasteiger partial charge in [0.05, 0.1) is 20.3 Å². The van der Waals surface area contributed by atoms with Crippen LogP contribution in [-0.4, -0.2) is 37.6 Å². The lowest BCUT2D eigenvalue weighted by Gasteiger charge is -2.41. The van der Waals surface area contributed by atoms with E-state index in [-0.39, 0.29) is 23.8 Å². The standard InChI is InChI=1S/C25H33FN2O3/c1-16(2)11-24(29)27-17(3)25-21-14-23(31-5)22(30-4)13-19(21)9-10-28(25)15-18-7-6-8-20(26)12-18/h6-8,12-14,16-17,25H,9-11,15H2,1-5H3,(H,27,29)/t17-,25-/m1/s1. The third-order valence-electron chi connectivity index (χ3n) is 5.76. The van der Waals surface area contributed by atoms with Crippen LogP contribution in [0.15, 0.2) is 36.4 Å². The molecule has 2 atom stereocenters. The van der Waals surface area contributed by atoms with Crippen LogP contribution in [-0.2, 0) is 17.8 Å². The molecular formula is C25H33FN2O3. The van der Waals surface area contributed by atoms with Crippen LogP contribution < -0.4 is 14.8 Å². The van der Waals surface area contributed by atoms with Gasteiger partial charge in [0.25, 0.3) is 0 Å². The Bertz CT molecular complexity index is 916. The predicted octanol–water partition coefficient (Wildman–Crippen LogP) is 4.49. The van der Waals surface area contributed by atoms with Crippen molar-refractivity contribution in [3.05, 3.63) is 58.9 Å². The summed E-state index contributed by atoms with van der Waals surface area (Å²) in [4.78, 5) is 14.8. The Morgan fingerprint density at radius 3 is 2.52 bits per heavy atom. The van der Waals surface area contributed by atoms with Crippen molar-refractivity contribution in [2.24, 2.45) is 5.92 Å². The molecular weight excluding hydrogens is 395 g/mol. The number of ether oxygens (including phenoxy) is 2. The molecule has 1 N–H and O–H groups in total. The molecule has 6 heteroatoms. The van der Waals surface area contributed by atoms with Crippen molar-refractivity contribution >= 4 is 5.91 Å². The second kappa shape index (κ2) is 10.1. The fourth-order valence-corrected chi connectivity index (χ4v) is 4.42. The van der Waals surface area contributed by atoms with E-state index in [1.165, 1.54) is 11.6 Å². The van der Waals surface area contributed by atoms with E-state index in [4.69, 9.17) is 9.47 Å². The lowest BCUT2D eigenvalue weighted by atomic mass is 9.87. The van der Waals surface area contributed by atoms with E-state index in [0.717, 1.165) is 24.1 Å². The van der Waals surface area contributed by atoms with E-state index >= 15 is 0 Å². The second-order valence-corrected chi connectivity index (χ2v) is 8.66. The van der Waals surface area contributed by atoms with Gasteiger partial charge >= 0.3 is 0 Å². The zero-order valence-electron chi connectivity index (χ0n) is 19.1. The maximum absolute atomic E-state index is 13.8. The van der Waals surface area contributed by atoms with Gasteiger partial charge in [0, 0.05) is 25.6 Å². The summed E-state index contributed by atoms with van der Waals surface area (Å²) in [5.41, 5.74) is 3.20. The van der Waals surface area contributed by atoms with Crippen molar-refractivity contribution in [2.75, 3.05) is 20.8 Å². The first-order chi connectivity index (χ1) is 14.8. The minimum Gasteiger partial charge on any atom is -0.493 e. The second-order valence-electron chi connectivity index (χ2n) is 8.66. The van der Waals surface area contributed by atoms with Gasteiger partial charge in [-0.2, -0.15) is 0 Å². The zero-order chi connectivity index (χ0) is 22.5. The summed E-state index contributed by atoms with van der Waals surface area (Å²) in [5.74, 6) is 1.46. The largest absolute Gasteiger partial charge is 0.493 e. The molecule has 0 unspecified atom stereocenters. The summed E-state index contributed by atoms with van der Waals surface area (Å²) >= 11 is 0. The van der Waals surface area contributed by atoms with Gasteiger partial charge in [0.1, 0.15) is 5.82 Å². The van der Waals surface area contributed by atoms with E-state index in [1.54, 1.807) is 26.4 Å². The first-order valence-electron chi connectivity index (χ1n) is 10.8. The summed E-state index contributed by atoms with van der Waals surface area (Å²) in [6, 6.07) is 10.6. The Morgan fingerprint density at radius 1 is 1.16 bits per heavy atom. The molecule has 0 bridgehead atoms. The molecule has 3 rings (SSSR count). The molecule has 0 saturated carbocycles. The number of fused-ring (bicyclic) bond motifs is 1. The Hall–Kier alpha value is -2.60. The molecule has 1 heterocycles. The smallest absolute Gasteiger partial charge is 0.220 e. The van der Waals surface area contributed by atoms with Crippen LogP contribution in [0.1, 0.15) is 49.9 Å².